The number of H-pyrrole nitrogens is 1. The molecule has 1 N–H and O–H groups in total. The van der Waals surface area contributed by atoms with Gasteiger partial charge >= 0.3 is 12.3 Å². The summed E-state index contributed by atoms with van der Waals surface area (Å²) in [6, 6.07) is 0. The number of carbonyl (C=O) groups excluding carboxylic acids is 1. The van der Waals surface area contributed by atoms with Crippen molar-refractivity contribution < 1.29 is 27.4 Å². The Bertz CT molecular complexity index is 522. The van der Waals surface area contributed by atoms with Gasteiger partial charge in [-0.2, -0.15) is 0 Å². The fourth-order valence-electron chi connectivity index (χ4n) is 1.42. The average Bonchev–Trinajstić information content (AvgIpc) is 2.27. The molecule has 1 rings (SSSR count). The first-order valence-corrected chi connectivity index (χ1v) is 5.37. The lowest BCUT2D eigenvalue weighted by molar-refractivity contribution is -0.275. The number of nitrogens with one attached hydrogen (secondary N) is 1. The molecular weight excluding hydrogens is 267 g/mol. The molecule has 0 spiro atoms. The Morgan fingerprint density at radius 2 is 2.05 bits per heavy atom. The molecule has 0 radical (unpaired) electrons. The maximum absolute atomic E-state index is 12.1. The number of alkyl halides is 3. The molecule has 19 heavy (non-hydrogen) atoms. The molecule has 0 aliphatic heterocycles. The summed E-state index contributed by atoms with van der Waals surface area (Å²) in [4.78, 5) is 25.5. The SMILES string of the molecule is CCOC(=O)Cc1c(C)[nH]cc(OC(F)(F)F)c1=O. The van der Waals surface area contributed by atoms with Crippen LogP contribution in [0, 0.1) is 6.92 Å². The highest BCUT2D eigenvalue weighted by molar-refractivity contribution is 5.73. The molecule has 5 nitrogen and oxygen atoms in total. The summed E-state index contributed by atoms with van der Waals surface area (Å²) >= 11 is 0. The second kappa shape index (κ2) is 5.77. The quantitative estimate of drug-likeness (QED) is 0.851. The number of hydrogen-bond donors (Lipinski definition) is 1. The van der Waals surface area contributed by atoms with Crippen LogP contribution in [-0.2, 0) is 16.0 Å². The maximum Gasteiger partial charge on any atom is 0.573 e. The van der Waals surface area contributed by atoms with Crippen LogP contribution in [0.25, 0.3) is 0 Å². The van der Waals surface area contributed by atoms with Crippen molar-refractivity contribution in [3.05, 3.63) is 27.7 Å². The number of esters is 1. The molecule has 106 valence electrons. The van der Waals surface area contributed by atoms with Crippen LogP contribution in [0.15, 0.2) is 11.0 Å². The first kappa shape index (κ1) is 15.1. The summed E-state index contributed by atoms with van der Waals surface area (Å²) < 4.78 is 44.4. The lowest BCUT2D eigenvalue weighted by Crippen LogP contribution is -2.25. The minimum atomic E-state index is -4.97. The lowest BCUT2D eigenvalue weighted by Gasteiger charge is -2.10. The molecule has 0 saturated heterocycles. The number of hydrogen-bond acceptors (Lipinski definition) is 4. The molecule has 0 aliphatic rings. The van der Waals surface area contributed by atoms with Gasteiger partial charge in [-0.1, -0.05) is 0 Å². The van der Waals surface area contributed by atoms with Crippen LogP contribution in [0.2, 0.25) is 0 Å². The molecule has 0 saturated carbocycles. The minimum Gasteiger partial charge on any atom is -0.466 e. The molecule has 0 amide bonds. The van der Waals surface area contributed by atoms with Gasteiger partial charge in [0, 0.05) is 17.5 Å². The highest BCUT2D eigenvalue weighted by Crippen LogP contribution is 2.20. The van der Waals surface area contributed by atoms with E-state index in [0.29, 0.717) is 0 Å². The van der Waals surface area contributed by atoms with Gasteiger partial charge in [-0.05, 0) is 13.8 Å². The molecule has 8 heteroatoms. The van der Waals surface area contributed by atoms with E-state index >= 15 is 0 Å². The summed E-state index contributed by atoms with van der Waals surface area (Å²) in [5.74, 6) is -1.60. The second-order valence-corrected chi connectivity index (χ2v) is 3.62. The van der Waals surface area contributed by atoms with E-state index in [4.69, 9.17) is 0 Å². The fraction of sp³-hybridized carbons (Fsp3) is 0.455. The van der Waals surface area contributed by atoms with Gasteiger partial charge in [0.2, 0.25) is 5.43 Å². The van der Waals surface area contributed by atoms with Crippen molar-refractivity contribution in [2.24, 2.45) is 0 Å². The van der Waals surface area contributed by atoms with Crippen LogP contribution in [0.1, 0.15) is 18.2 Å². The van der Waals surface area contributed by atoms with Crippen molar-refractivity contribution in [3.63, 3.8) is 0 Å². The summed E-state index contributed by atoms with van der Waals surface area (Å²) in [5, 5.41) is 0. The van der Waals surface area contributed by atoms with Crippen LogP contribution >= 0.6 is 0 Å². The van der Waals surface area contributed by atoms with Crippen molar-refractivity contribution in [3.8, 4) is 5.75 Å². The van der Waals surface area contributed by atoms with Crippen LogP contribution in [0.5, 0.6) is 5.75 Å². The van der Waals surface area contributed by atoms with Gasteiger partial charge in [-0.25, -0.2) is 0 Å². The Kier molecular flexibility index (Phi) is 4.57. The lowest BCUT2D eigenvalue weighted by atomic mass is 10.1. The number of carbonyl (C=O) groups is 1. The van der Waals surface area contributed by atoms with E-state index in [0.717, 1.165) is 6.20 Å². The number of aromatic amines is 1. The second-order valence-electron chi connectivity index (χ2n) is 3.62. The summed E-state index contributed by atoms with van der Waals surface area (Å²) in [7, 11) is 0. The number of rotatable bonds is 4. The number of ether oxygens (including phenoxy) is 2. The minimum absolute atomic E-state index is 0.111. The predicted octanol–water partition coefficient (Wildman–Crippen LogP) is 1.69. The Hall–Kier alpha value is -1.99. The number of pyridine rings is 1. The molecule has 0 fully saturated rings. The highest BCUT2D eigenvalue weighted by atomic mass is 19.4. The first-order chi connectivity index (χ1) is 8.74. The molecule has 0 unspecified atom stereocenters. The molecule has 1 heterocycles. The van der Waals surface area contributed by atoms with E-state index in [1.165, 1.54) is 6.92 Å². The zero-order valence-electron chi connectivity index (χ0n) is 10.3. The van der Waals surface area contributed by atoms with Crippen molar-refractivity contribution in [2.45, 2.75) is 26.6 Å². The molecular formula is C11H12F3NO4. The monoisotopic (exact) mass is 279 g/mol. The maximum atomic E-state index is 12.1. The van der Waals surface area contributed by atoms with Crippen LogP contribution in [0.3, 0.4) is 0 Å². The molecule has 0 aromatic carbocycles. The van der Waals surface area contributed by atoms with E-state index in [-0.39, 0.29) is 17.9 Å². The smallest absolute Gasteiger partial charge is 0.466 e. The molecule has 0 bridgehead atoms. The third-order valence-electron chi connectivity index (χ3n) is 2.22. The third-order valence-corrected chi connectivity index (χ3v) is 2.22. The van der Waals surface area contributed by atoms with Crippen molar-refractivity contribution in [1.82, 2.24) is 4.98 Å². The Morgan fingerprint density at radius 3 is 2.58 bits per heavy atom. The van der Waals surface area contributed by atoms with Crippen molar-refractivity contribution in [1.29, 1.82) is 0 Å². The van der Waals surface area contributed by atoms with E-state index in [1.54, 1.807) is 6.92 Å². The van der Waals surface area contributed by atoms with E-state index in [2.05, 4.69) is 14.5 Å². The van der Waals surface area contributed by atoms with E-state index in [9.17, 15) is 22.8 Å². The topological polar surface area (TPSA) is 68.4 Å². The van der Waals surface area contributed by atoms with Gasteiger partial charge in [-0.3, -0.25) is 9.59 Å². The van der Waals surface area contributed by atoms with Gasteiger partial charge in [0.15, 0.2) is 5.75 Å². The molecule has 1 aromatic rings. The predicted molar refractivity (Wildman–Crippen MR) is 58.8 cm³/mol. The molecule has 0 aliphatic carbocycles. The zero-order chi connectivity index (χ0) is 14.6. The fourth-order valence-corrected chi connectivity index (χ4v) is 1.42. The van der Waals surface area contributed by atoms with Crippen molar-refractivity contribution in [2.75, 3.05) is 6.61 Å². The number of halogens is 3. The summed E-state index contributed by atoms with van der Waals surface area (Å²) in [5.41, 5.74) is -0.811. The van der Waals surface area contributed by atoms with Gasteiger partial charge in [0.25, 0.3) is 0 Å². The van der Waals surface area contributed by atoms with Gasteiger partial charge < -0.3 is 14.5 Å². The van der Waals surface area contributed by atoms with Gasteiger partial charge in [0.05, 0.1) is 13.0 Å². The number of aryl methyl sites for hydroxylation is 1. The van der Waals surface area contributed by atoms with Crippen molar-refractivity contribution >= 4 is 5.97 Å². The van der Waals surface area contributed by atoms with Gasteiger partial charge in [0.1, 0.15) is 0 Å². The summed E-state index contributed by atoms with van der Waals surface area (Å²) in [6.07, 6.45) is -4.58. The Morgan fingerprint density at radius 1 is 1.42 bits per heavy atom. The van der Waals surface area contributed by atoms with Crippen LogP contribution < -0.4 is 10.2 Å². The largest absolute Gasteiger partial charge is 0.573 e. The average molecular weight is 279 g/mol. The normalized spacial score (nSPS) is 11.2. The molecule has 1 aromatic heterocycles. The van der Waals surface area contributed by atoms with E-state index in [1.807, 2.05) is 0 Å². The van der Waals surface area contributed by atoms with E-state index < -0.39 is 29.9 Å². The first-order valence-electron chi connectivity index (χ1n) is 5.37. The standard InChI is InChI=1S/C11H12F3NO4/c1-3-18-9(16)4-7-6(2)15-5-8(10(7)17)19-11(12,13)14/h5H,3-4H2,1-2H3,(H,15,17). The van der Waals surface area contributed by atoms with Gasteiger partial charge in [-0.15, -0.1) is 13.2 Å². The zero-order valence-corrected chi connectivity index (χ0v) is 10.3. The highest BCUT2D eigenvalue weighted by Gasteiger charge is 2.32. The third kappa shape index (κ3) is 4.31. The van der Waals surface area contributed by atoms with Crippen LogP contribution in [-0.4, -0.2) is 23.9 Å². The van der Waals surface area contributed by atoms with Crippen LogP contribution in [0.4, 0.5) is 13.2 Å². The number of aromatic nitrogens is 1. The molecule has 0 atom stereocenters. The Balaban J connectivity index is 3.08. The summed E-state index contributed by atoms with van der Waals surface area (Å²) in [6.45, 7) is 3.17. The Labute approximate surface area is 106 Å².